The van der Waals surface area contributed by atoms with Crippen LogP contribution in [0.2, 0.25) is 10.0 Å². The molecule has 0 radical (unpaired) electrons. The van der Waals surface area contributed by atoms with Gasteiger partial charge in [-0.15, -0.1) is 0 Å². The van der Waals surface area contributed by atoms with Gasteiger partial charge in [0.25, 0.3) is 0 Å². The summed E-state index contributed by atoms with van der Waals surface area (Å²) in [4.78, 5) is 11.9. The summed E-state index contributed by atoms with van der Waals surface area (Å²) >= 11 is 12.1. The summed E-state index contributed by atoms with van der Waals surface area (Å²) < 4.78 is 5.52. The number of carbonyl (C=O) groups excluding carboxylic acids is 1. The quantitative estimate of drug-likeness (QED) is 0.690. The highest BCUT2D eigenvalue weighted by Gasteiger charge is 2.29. The van der Waals surface area contributed by atoms with E-state index in [1.807, 2.05) is 30.3 Å². The third-order valence-corrected chi connectivity index (χ3v) is 4.87. The highest BCUT2D eigenvalue weighted by Crippen LogP contribution is 2.33. The molecule has 3 rings (SSSR count). The summed E-state index contributed by atoms with van der Waals surface area (Å²) in [6.45, 7) is 0. The average molecular weight is 349 g/mol. The lowest BCUT2D eigenvalue weighted by Gasteiger charge is -2.29. The fourth-order valence-corrected chi connectivity index (χ4v) is 3.58. The van der Waals surface area contributed by atoms with E-state index in [2.05, 4.69) is 12.1 Å². The van der Waals surface area contributed by atoms with Crippen molar-refractivity contribution >= 4 is 29.2 Å². The molecule has 1 saturated heterocycles. The van der Waals surface area contributed by atoms with Crippen LogP contribution in [-0.2, 0) is 16.0 Å². The van der Waals surface area contributed by atoms with Gasteiger partial charge in [-0.2, -0.15) is 0 Å². The average Bonchev–Trinajstić information content (AvgIpc) is 2.54. The van der Waals surface area contributed by atoms with Crippen LogP contribution in [0.4, 0.5) is 0 Å². The molecule has 0 bridgehead atoms. The maximum absolute atomic E-state index is 11.9. The number of ether oxygens (including phenoxy) is 1. The van der Waals surface area contributed by atoms with Crippen molar-refractivity contribution in [3.8, 4) is 0 Å². The molecule has 120 valence electrons. The Morgan fingerprint density at radius 3 is 2.61 bits per heavy atom. The maximum atomic E-state index is 11.9. The van der Waals surface area contributed by atoms with Crippen LogP contribution in [0, 0.1) is 0 Å². The van der Waals surface area contributed by atoms with Crippen molar-refractivity contribution in [2.24, 2.45) is 0 Å². The molecule has 0 spiro atoms. The van der Waals surface area contributed by atoms with E-state index in [1.54, 1.807) is 6.07 Å². The molecular weight excluding hydrogens is 331 g/mol. The topological polar surface area (TPSA) is 26.3 Å². The Morgan fingerprint density at radius 1 is 1.09 bits per heavy atom. The predicted octanol–water partition coefficient (Wildman–Crippen LogP) is 5.42. The van der Waals surface area contributed by atoms with Crippen molar-refractivity contribution < 1.29 is 9.53 Å². The first-order chi connectivity index (χ1) is 11.1. The standard InChI is InChI=1S/C19H18Cl2O2/c20-16-8-6-14(18(21)12-16)7-9-17-10-15(11-19(22)23-17)13-4-2-1-3-5-13/h1-6,8,12,15,17H,7,9-11H2/t15-,17-/m0/s1. The normalized spacial score (nSPS) is 21.0. The second-order valence-electron chi connectivity index (χ2n) is 5.93. The highest BCUT2D eigenvalue weighted by atomic mass is 35.5. The number of cyclic esters (lactones) is 1. The van der Waals surface area contributed by atoms with Crippen LogP contribution >= 0.6 is 23.2 Å². The fourth-order valence-electron chi connectivity index (χ4n) is 3.08. The summed E-state index contributed by atoms with van der Waals surface area (Å²) in [5.74, 6) is 0.125. The van der Waals surface area contributed by atoms with Crippen LogP contribution in [0.1, 0.15) is 36.3 Å². The van der Waals surface area contributed by atoms with Crippen LogP contribution in [0.3, 0.4) is 0 Å². The Balaban J connectivity index is 1.64. The molecule has 1 aliphatic rings. The van der Waals surface area contributed by atoms with Crippen LogP contribution in [-0.4, -0.2) is 12.1 Å². The van der Waals surface area contributed by atoms with Gasteiger partial charge in [-0.25, -0.2) is 0 Å². The van der Waals surface area contributed by atoms with Crippen molar-refractivity contribution in [2.75, 3.05) is 0 Å². The largest absolute Gasteiger partial charge is 0.462 e. The monoisotopic (exact) mass is 348 g/mol. The molecule has 0 aromatic heterocycles. The van der Waals surface area contributed by atoms with Gasteiger partial charge in [0.15, 0.2) is 0 Å². The number of hydrogen-bond acceptors (Lipinski definition) is 2. The Hall–Kier alpha value is -1.51. The summed E-state index contributed by atoms with van der Waals surface area (Å²) in [5.41, 5.74) is 2.24. The Kier molecular flexibility index (Phi) is 5.24. The lowest BCUT2D eigenvalue weighted by molar-refractivity contribution is -0.155. The summed E-state index contributed by atoms with van der Waals surface area (Å²) in [6.07, 6.45) is 2.81. The molecule has 0 N–H and O–H groups in total. The first-order valence-electron chi connectivity index (χ1n) is 7.80. The molecule has 2 aromatic rings. The predicted molar refractivity (Wildman–Crippen MR) is 93.1 cm³/mol. The van der Waals surface area contributed by atoms with Crippen LogP contribution in [0.5, 0.6) is 0 Å². The van der Waals surface area contributed by atoms with E-state index < -0.39 is 0 Å². The zero-order valence-corrected chi connectivity index (χ0v) is 14.2. The molecule has 2 atom stereocenters. The van der Waals surface area contributed by atoms with Crippen LogP contribution in [0.15, 0.2) is 48.5 Å². The molecule has 0 amide bonds. The zero-order chi connectivity index (χ0) is 16.2. The first kappa shape index (κ1) is 16.4. The molecule has 23 heavy (non-hydrogen) atoms. The third-order valence-electron chi connectivity index (χ3n) is 4.28. The van der Waals surface area contributed by atoms with E-state index in [9.17, 15) is 4.79 Å². The Morgan fingerprint density at radius 2 is 1.87 bits per heavy atom. The molecule has 1 aliphatic heterocycles. The van der Waals surface area contributed by atoms with Crippen molar-refractivity contribution in [3.63, 3.8) is 0 Å². The molecule has 1 fully saturated rings. The molecule has 1 heterocycles. The van der Waals surface area contributed by atoms with Gasteiger partial charge in [0.05, 0.1) is 6.42 Å². The van der Waals surface area contributed by atoms with Gasteiger partial charge < -0.3 is 4.74 Å². The van der Waals surface area contributed by atoms with Gasteiger partial charge >= 0.3 is 5.97 Å². The number of aryl methyl sites for hydroxylation is 1. The number of esters is 1. The minimum Gasteiger partial charge on any atom is -0.462 e. The van der Waals surface area contributed by atoms with Gasteiger partial charge in [-0.3, -0.25) is 4.79 Å². The lowest BCUT2D eigenvalue weighted by atomic mass is 9.86. The number of hydrogen-bond donors (Lipinski definition) is 0. The van der Waals surface area contributed by atoms with Gasteiger partial charge in [-0.05, 0) is 48.4 Å². The van der Waals surface area contributed by atoms with Gasteiger partial charge in [-0.1, -0.05) is 59.6 Å². The van der Waals surface area contributed by atoms with Crippen LogP contribution in [0.25, 0.3) is 0 Å². The summed E-state index contributed by atoms with van der Waals surface area (Å²) in [5, 5.41) is 1.30. The van der Waals surface area contributed by atoms with E-state index >= 15 is 0 Å². The van der Waals surface area contributed by atoms with E-state index in [4.69, 9.17) is 27.9 Å². The van der Waals surface area contributed by atoms with E-state index in [-0.39, 0.29) is 18.0 Å². The van der Waals surface area contributed by atoms with Gasteiger partial charge in [0, 0.05) is 10.0 Å². The van der Waals surface area contributed by atoms with Crippen molar-refractivity contribution in [3.05, 3.63) is 69.7 Å². The molecule has 0 aliphatic carbocycles. The molecule has 4 heteroatoms. The second-order valence-corrected chi connectivity index (χ2v) is 6.78. The Labute approximate surface area is 146 Å². The minimum atomic E-state index is -0.114. The molecule has 2 nitrogen and oxygen atoms in total. The van der Waals surface area contributed by atoms with Gasteiger partial charge in [0.2, 0.25) is 0 Å². The number of rotatable bonds is 4. The highest BCUT2D eigenvalue weighted by molar-refractivity contribution is 6.35. The third kappa shape index (κ3) is 4.27. The number of carbonyl (C=O) groups is 1. The summed E-state index contributed by atoms with van der Waals surface area (Å²) in [6, 6.07) is 15.7. The number of halogens is 2. The minimum absolute atomic E-state index is 0.0619. The molecule has 2 aromatic carbocycles. The second kappa shape index (κ2) is 7.37. The fraction of sp³-hybridized carbons (Fsp3) is 0.316. The van der Waals surface area contributed by atoms with Gasteiger partial charge in [0.1, 0.15) is 6.10 Å². The van der Waals surface area contributed by atoms with Crippen molar-refractivity contribution in [2.45, 2.75) is 37.7 Å². The van der Waals surface area contributed by atoms with E-state index in [0.29, 0.717) is 16.5 Å². The SMILES string of the molecule is O=C1C[C@@H](c2ccccc2)C[C@H](CCc2ccc(Cl)cc2Cl)O1. The molecule has 0 saturated carbocycles. The smallest absolute Gasteiger partial charge is 0.306 e. The van der Waals surface area contributed by atoms with E-state index in [1.165, 1.54) is 5.56 Å². The Bertz CT molecular complexity index is 685. The first-order valence-corrected chi connectivity index (χ1v) is 8.56. The zero-order valence-electron chi connectivity index (χ0n) is 12.7. The van der Waals surface area contributed by atoms with Crippen molar-refractivity contribution in [1.82, 2.24) is 0 Å². The van der Waals surface area contributed by atoms with Crippen LogP contribution < -0.4 is 0 Å². The molecule has 0 unspecified atom stereocenters. The summed E-state index contributed by atoms with van der Waals surface area (Å²) in [7, 11) is 0. The number of benzene rings is 2. The van der Waals surface area contributed by atoms with E-state index in [0.717, 1.165) is 24.8 Å². The lowest BCUT2D eigenvalue weighted by Crippen LogP contribution is -2.29. The molecular formula is C19H18Cl2O2. The van der Waals surface area contributed by atoms with Crippen molar-refractivity contribution in [1.29, 1.82) is 0 Å². The maximum Gasteiger partial charge on any atom is 0.306 e.